The van der Waals surface area contributed by atoms with E-state index in [0.717, 1.165) is 32.1 Å². The lowest BCUT2D eigenvalue weighted by molar-refractivity contribution is -0.149. The van der Waals surface area contributed by atoms with Crippen molar-refractivity contribution in [1.82, 2.24) is 4.90 Å². The van der Waals surface area contributed by atoms with Gasteiger partial charge >= 0.3 is 5.97 Å². The molecule has 0 bridgehead atoms. The molecule has 2 amide bonds. The normalized spacial score (nSPS) is 33.0. The van der Waals surface area contributed by atoms with Crippen LogP contribution in [0.5, 0.6) is 0 Å². The van der Waals surface area contributed by atoms with E-state index in [4.69, 9.17) is 0 Å². The first-order valence-electron chi connectivity index (χ1n) is 7.86. The van der Waals surface area contributed by atoms with Crippen LogP contribution < -0.4 is 0 Å². The molecule has 0 radical (unpaired) electrons. The Balaban J connectivity index is 1.77. The van der Waals surface area contributed by atoms with E-state index in [0.29, 0.717) is 6.54 Å². The van der Waals surface area contributed by atoms with Crippen molar-refractivity contribution in [2.24, 2.45) is 22.7 Å². The predicted molar refractivity (Wildman–Crippen MR) is 75.3 cm³/mol. The highest BCUT2D eigenvalue weighted by Gasteiger charge is 2.72. The van der Waals surface area contributed by atoms with Crippen molar-refractivity contribution in [1.29, 1.82) is 0 Å². The number of carbonyl (C=O) groups excluding carboxylic acids is 2. The Bertz CT molecular complexity index is 480. The number of carboxylic acids is 1. The highest BCUT2D eigenvalue weighted by atomic mass is 16.4. The van der Waals surface area contributed by atoms with E-state index >= 15 is 0 Å². The average Bonchev–Trinajstić information content (AvgIpc) is 2.87. The van der Waals surface area contributed by atoms with E-state index in [1.54, 1.807) is 0 Å². The number of carbonyl (C=O) groups is 3. The smallest absolute Gasteiger partial charge is 0.303 e. The van der Waals surface area contributed by atoms with Gasteiger partial charge in [-0.3, -0.25) is 19.3 Å². The number of amides is 2. The summed E-state index contributed by atoms with van der Waals surface area (Å²) in [7, 11) is 0. The molecule has 2 atom stereocenters. The Hall–Kier alpha value is -1.39. The number of piperidine rings is 1. The number of hydrogen-bond donors (Lipinski definition) is 1. The van der Waals surface area contributed by atoms with Gasteiger partial charge in [-0.2, -0.15) is 0 Å². The monoisotopic (exact) mass is 293 g/mol. The van der Waals surface area contributed by atoms with Gasteiger partial charge in [0.05, 0.1) is 18.3 Å². The molecule has 3 rings (SSSR count). The molecule has 5 heteroatoms. The lowest BCUT2D eigenvalue weighted by Gasteiger charge is -2.39. The third kappa shape index (κ3) is 2.17. The van der Waals surface area contributed by atoms with Crippen LogP contribution in [0.2, 0.25) is 0 Å². The highest BCUT2D eigenvalue weighted by Crippen LogP contribution is 2.63. The standard InChI is InChI=1S/C16H23NO4/c1-15(2)11-12(15)14(21)17(13(11)20)9-16(8-10(18)19)6-4-3-5-7-16/h11-12H,3-9H2,1-2H3,(H,18,19). The summed E-state index contributed by atoms with van der Waals surface area (Å²) in [6.45, 7) is 4.23. The van der Waals surface area contributed by atoms with Crippen LogP contribution in [0.3, 0.4) is 0 Å². The number of fused-ring (bicyclic) bond motifs is 1. The van der Waals surface area contributed by atoms with Crippen molar-refractivity contribution < 1.29 is 19.5 Å². The summed E-state index contributed by atoms with van der Waals surface area (Å²) in [5, 5.41) is 9.19. The largest absolute Gasteiger partial charge is 0.481 e. The minimum Gasteiger partial charge on any atom is -0.481 e. The van der Waals surface area contributed by atoms with Crippen LogP contribution in [0.15, 0.2) is 0 Å². The molecule has 0 aromatic carbocycles. The van der Waals surface area contributed by atoms with Gasteiger partial charge in [-0.1, -0.05) is 33.1 Å². The molecular formula is C16H23NO4. The zero-order valence-corrected chi connectivity index (χ0v) is 12.7. The first-order chi connectivity index (χ1) is 9.78. The summed E-state index contributed by atoms with van der Waals surface area (Å²) in [6.07, 6.45) is 4.75. The zero-order valence-electron chi connectivity index (χ0n) is 12.7. The van der Waals surface area contributed by atoms with Gasteiger partial charge in [0.2, 0.25) is 11.8 Å². The van der Waals surface area contributed by atoms with Crippen LogP contribution in [0, 0.1) is 22.7 Å². The van der Waals surface area contributed by atoms with Gasteiger partial charge in [-0.25, -0.2) is 0 Å². The summed E-state index contributed by atoms with van der Waals surface area (Å²) in [5.74, 6) is -1.33. The molecule has 1 N–H and O–H groups in total. The minimum absolute atomic E-state index is 0.0583. The second-order valence-electron chi connectivity index (χ2n) is 7.67. The first kappa shape index (κ1) is 14.5. The Morgan fingerprint density at radius 2 is 1.67 bits per heavy atom. The molecule has 2 saturated carbocycles. The van der Waals surface area contributed by atoms with Crippen molar-refractivity contribution in [3.05, 3.63) is 0 Å². The SMILES string of the molecule is CC1(C)C2C(=O)N(CC3(CC(=O)O)CCCCC3)C(=O)C21. The van der Waals surface area contributed by atoms with Crippen molar-refractivity contribution in [2.45, 2.75) is 52.4 Å². The zero-order chi connectivity index (χ0) is 15.4. The van der Waals surface area contributed by atoms with Crippen molar-refractivity contribution in [3.63, 3.8) is 0 Å². The number of carboxylic acid groups (broad SMARTS) is 1. The Morgan fingerprint density at radius 3 is 2.14 bits per heavy atom. The Kier molecular flexibility index (Phi) is 3.15. The molecule has 116 valence electrons. The van der Waals surface area contributed by atoms with Crippen LogP contribution in [-0.4, -0.2) is 34.3 Å². The predicted octanol–water partition coefficient (Wildman–Crippen LogP) is 2.05. The minimum atomic E-state index is -0.832. The van der Waals surface area contributed by atoms with Crippen LogP contribution in [0.1, 0.15) is 52.4 Å². The molecule has 2 aliphatic carbocycles. The summed E-state index contributed by atoms with van der Waals surface area (Å²) in [5.41, 5.74) is -0.604. The van der Waals surface area contributed by atoms with E-state index in [-0.39, 0.29) is 35.5 Å². The maximum atomic E-state index is 12.4. The second kappa shape index (κ2) is 4.55. The number of nitrogens with zero attached hydrogens (tertiary/aromatic N) is 1. The molecule has 2 unspecified atom stereocenters. The maximum Gasteiger partial charge on any atom is 0.303 e. The lowest BCUT2D eigenvalue weighted by atomic mass is 9.71. The molecule has 21 heavy (non-hydrogen) atoms. The fourth-order valence-corrected chi connectivity index (χ4v) is 4.51. The van der Waals surface area contributed by atoms with E-state index in [9.17, 15) is 19.5 Å². The van der Waals surface area contributed by atoms with E-state index < -0.39 is 11.4 Å². The third-order valence-corrected chi connectivity index (χ3v) is 5.83. The Labute approximate surface area is 124 Å². The van der Waals surface area contributed by atoms with Gasteiger partial charge in [0.25, 0.3) is 0 Å². The summed E-state index contributed by atoms with van der Waals surface area (Å²) >= 11 is 0. The molecule has 3 fully saturated rings. The topological polar surface area (TPSA) is 74.7 Å². The van der Waals surface area contributed by atoms with Gasteiger partial charge < -0.3 is 5.11 Å². The van der Waals surface area contributed by atoms with E-state index in [1.165, 1.54) is 4.90 Å². The maximum absolute atomic E-state index is 12.4. The lowest BCUT2D eigenvalue weighted by Crippen LogP contribution is -2.45. The molecule has 5 nitrogen and oxygen atoms in total. The fraction of sp³-hybridized carbons (Fsp3) is 0.812. The molecule has 1 saturated heterocycles. The fourth-order valence-electron chi connectivity index (χ4n) is 4.51. The number of aliphatic carboxylic acids is 1. The number of hydrogen-bond acceptors (Lipinski definition) is 3. The van der Waals surface area contributed by atoms with E-state index in [1.807, 2.05) is 13.8 Å². The van der Waals surface area contributed by atoms with Crippen LogP contribution in [0.4, 0.5) is 0 Å². The Morgan fingerprint density at radius 1 is 1.14 bits per heavy atom. The van der Waals surface area contributed by atoms with Gasteiger partial charge in [-0.15, -0.1) is 0 Å². The number of rotatable bonds is 4. The molecular weight excluding hydrogens is 270 g/mol. The summed E-state index contributed by atoms with van der Waals surface area (Å²) < 4.78 is 0. The molecule has 0 aromatic heterocycles. The summed E-state index contributed by atoms with van der Waals surface area (Å²) in [4.78, 5) is 37.4. The molecule has 1 aliphatic heterocycles. The molecule has 1 heterocycles. The second-order valence-corrected chi connectivity index (χ2v) is 7.67. The van der Waals surface area contributed by atoms with Crippen LogP contribution in [0.25, 0.3) is 0 Å². The number of likely N-dealkylation sites (tertiary alicyclic amines) is 1. The average molecular weight is 293 g/mol. The van der Waals surface area contributed by atoms with Crippen molar-refractivity contribution >= 4 is 17.8 Å². The first-order valence-corrected chi connectivity index (χ1v) is 7.86. The van der Waals surface area contributed by atoms with Gasteiger partial charge in [-0.05, 0) is 23.7 Å². The van der Waals surface area contributed by atoms with Crippen LogP contribution >= 0.6 is 0 Å². The van der Waals surface area contributed by atoms with Crippen molar-refractivity contribution in [3.8, 4) is 0 Å². The van der Waals surface area contributed by atoms with Gasteiger partial charge in [0.1, 0.15) is 0 Å². The molecule has 0 aromatic rings. The highest BCUT2D eigenvalue weighted by molar-refractivity contribution is 6.10. The summed E-state index contributed by atoms with van der Waals surface area (Å²) in [6, 6.07) is 0. The quantitative estimate of drug-likeness (QED) is 0.805. The number of imide groups is 1. The van der Waals surface area contributed by atoms with Crippen LogP contribution in [-0.2, 0) is 14.4 Å². The molecule has 3 aliphatic rings. The van der Waals surface area contributed by atoms with Crippen molar-refractivity contribution in [2.75, 3.05) is 6.54 Å². The van der Waals surface area contributed by atoms with Gasteiger partial charge in [0.15, 0.2) is 0 Å². The van der Waals surface area contributed by atoms with Gasteiger partial charge in [0, 0.05) is 6.54 Å². The van der Waals surface area contributed by atoms with E-state index in [2.05, 4.69) is 0 Å². The third-order valence-electron chi connectivity index (χ3n) is 5.83. The molecule has 0 spiro atoms.